The van der Waals surface area contributed by atoms with Crippen LogP contribution in [0.5, 0.6) is 0 Å². The number of amides is 1. The predicted octanol–water partition coefficient (Wildman–Crippen LogP) is 3.56. The molecule has 1 saturated carbocycles. The van der Waals surface area contributed by atoms with Gasteiger partial charge >= 0.3 is 5.97 Å². The van der Waals surface area contributed by atoms with Gasteiger partial charge in [-0.15, -0.1) is 0 Å². The van der Waals surface area contributed by atoms with E-state index >= 15 is 0 Å². The molecule has 1 aliphatic carbocycles. The number of aliphatic carboxylic acids is 1. The molecule has 0 bridgehead atoms. The van der Waals surface area contributed by atoms with Crippen LogP contribution in [-0.4, -0.2) is 33.1 Å². The number of hydrogen-bond donors (Lipinski definition) is 2. The smallest absolute Gasteiger partial charge is 0.305 e. The van der Waals surface area contributed by atoms with Gasteiger partial charge in [0.2, 0.25) is 5.91 Å². The molecule has 6 heteroatoms. The lowest BCUT2D eigenvalue weighted by Crippen LogP contribution is -2.26. The number of nitrogens with one attached hydrogen (secondary N) is 1. The lowest BCUT2D eigenvalue weighted by atomic mass is 10.0. The van der Waals surface area contributed by atoms with Gasteiger partial charge in [0, 0.05) is 61.3 Å². The highest BCUT2D eigenvalue weighted by atomic mass is 16.4. The summed E-state index contributed by atoms with van der Waals surface area (Å²) in [7, 11) is 0. The minimum atomic E-state index is -0.815. The number of rotatable bonds is 10. The van der Waals surface area contributed by atoms with Crippen molar-refractivity contribution in [3.8, 4) is 0 Å². The normalized spacial score (nSPS) is 13.5. The Bertz CT molecular complexity index is 1040. The third kappa shape index (κ3) is 4.87. The van der Waals surface area contributed by atoms with E-state index in [2.05, 4.69) is 27.0 Å². The summed E-state index contributed by atoms with van der Waals surface area (Å²) in [5, 5.41) is 13.4. The van der Waals surface area contributed by atoms with Crippen LogP contribution < -0.4 is 5.32 Å². The third-order valence-corrected chi connectivity index (χ3v) is 5.70. The fourth-order valence-electron chi connectivity index (χ4n) is 4.06. The zero-order valence-electron chi connectivity index (χ0n) is 17.0. The molecule has 0 saturated heterocycles. The summed E-state index contributed by atoms with van der Waals surface area (Å²) in [6.45, 7) is 0.962. The molecule has 0 atom stereocenters. The first-order valence-electron chi connectivity index (χ1n) is 10.6. The molecule has 1 aromatic carbocycles. The quantitative estimate of drug-likeness (QED) is 0.540. The highest BCUT2D eigenvalue weighted by Gasteiger charge is 2.24. The minimum absolute atomic E-state index is 0.0616. The Hall–Kier alpha value is -3.15. The molecule has 0 spiro atoms. The predicted molar refractivity (Wildman–Crippen MR) is 115 cm³/mol. The molecule has 0 aliphatic heterocycles. The van der Waals surface area contributed by atoms with Crippen molar-refractivity contribution in [3.63, 3.8) is 0 Å². The topological polar surface area (TPSA) is 84.2 Å². The van der Waals surface area contributed by atoms with E-state index in [0.29, 0.717) is 31.8 Å². The lowest BCUT2D eigenvalue weighted by molar-refractivity contribution is -0.137. The highest BCUT2D eigenvalue weighted by molar-refractivity contribution is 5.86. The van der Waals surface area contributed by atoms with E-state index in [1.165, 1.54) is 5.56 Å². The standard InChI is InChI=1S/C24H27N3O3/c28-23(15-17-7-8-17)26-12-9-22-20(14-18-4-3-11-25-16-18)19-5-1-2-6-21(19)27(22)13-10-24(29)30/h1-6,11,16-17H,7-10,12-15H2,(H,26,28)(H,29,30). The second-order valence-corrected chi connectivity index (χ2v) is 8.02. The monoisotopic (exact) mass is 405 g/mol. The van der Waals surface area contributed by atoms with Crippen molar-refractivity contribution in [1.82, 2.24) is 14.9 Å². The zero-order valence-corrected chi connectivity index (χ0v) is 17.0. The zero-order chi connectivity index (χ0) is 20.9. The van der Waals surface area contributed by atoms with Crippen LogP contribution in [0.25, 0.3) is 10.9 Å². The third-order valence-electron chi connectivity index (χ3n) is 5.70. The van der Waals surface area contributed by atoms with Crippen LogP contribution in [0.2, 0.25) is 0 Å². The van der Waals surface area contributed by atoms with E-state index < -0.39 is 5.97 Å². The molecule has 1 amide bonds. The Morgan fingerprint density at radius 3 is 2.73 bits per heavy atom. The maximum Gasteiger partial charge on any atom is 0.305 e. The van der Waals surface area contributed by atoms with E-state index in [9.17, 15) is 14.7 Å². The van der Waals surface area contributed by atoms with Crippen molar-refractivity contribution >= 4 is 22.8 Å². The van der Waals surface area contributed by atoms with Crippen LogP contribution in [0.4, 0.5) is 0 Å². The highest BCUT2D eigenvalue weighted by Crippen LogP contribution is 2.32. The molecule has 3 aromatic rings. The van der Waals surface area contributed by atoms with Gasteiger partial charge in [-0.25, -0.2) is 0 Å². The van der Waals surface area contributed by atoms with E-state index in [-0.39, 0.29) is 12.3 Å². The second kappa shape index (κ2) is 9.11. The number of pyridine rings is 1. The van der Waals surface area contributed by atoms with Gasteiger partial charge in [-0.3, -0.25) is 14.6 Å². The van der Waals surface area contributed by atoms with Gasteiger partial charge in [-0.2, -0.15) is 0 Å². The van der Waals surface area contributed by atoms with E-state index in [4.69, 9.17) is 0 Å². The number of benzene rings is 1. The molecular formula is C24H27N3O3. The van der Waals surface area contributed by atoms with Gasteiger partial charge in [0.05, 0.1) is 6.42 Å². The summed E-state index contributed by atoms with van der Waals surface area (Å²) in [6.07, 6.45) is 8.01. The Labute approximate surface area is 175 Å². The number of para-hydroxylation sites is 1. The van der Waals surface area contributed by atoms with Crippen LogP contribution in [-0.2, 0) is 29.0 Å². The summed E-state index contributed by atoms with van der Waals surface area (Å²) in [4.78, 5) is 27.6. The first-order chi connectivity index (χ1) is 14.6. The fourth-order valence-corrected chi connectivity index (χ4v) is 4.06. The number of aromatic nitrogens is 2. The SMILES string of the molecule is O=C(O)CCn1c(CCNC(=O)CC2CC2)c(Cc2cccnc2)c2ccccc21. The Morgan fingerprint density at radius 2 is 2.00 bits per heavy atom. The number of nitrogens with zero attached hydrogens (tertiary/aromatic N) is 2. The van der Waals surface area contributed by atoms with Crippen molar-refractivity contribution in [2.45, 2.75) is 45.1 Å². The van der Waals surface area contributed by atoms with Crippen molar-refractivity contribution in [3.05, 3.63) is 65.6 Å². The molecule has 0 radical (unpaired) electrons. The van der Waals surface area contributed by atoms with Crippen LogP contribution in [0, 0.1) is 5.92 Å². The average molecular weight is 405 g/mol. The molecule has 156 valence electrons. The first-order valence-corrected chi connectivity index (χ1v) is 10.6. The van der Waals surface area contributed by atoms with Gasteiger partial charge in [-0.05, 0) is 42.0 Å². The number of hydrogen-bond acceptors (Lipinski definition) is 3. The summed E-state index contributed by atoms with van der Waals surface area (Å²) in [6, 6.07) is 12.1. The molecule has 1 fully saturated rings. The molecule has 4 rings (SSSR count). The largest absolute Gasteiger partial charge is 0.481 e. The molecular weight excluding hydrogens is 378 g/mol. The molecule has 2 heterocycles. The Balaban J connectivity index is 1.63. The van der Waals surface area contributed by atoms with Crippen LogP contribution in [0.15, 0.2) is 48.8 Å². The molecule has 6 nitrogen and oxygen atoms in total. The van der Waals surface area contributed by atoms with Gasteiger partial charge in [-0.1, -0.05) is 24.3 Å². The number of carboxylic acids is 1. The molecule has 0 unspecified atom stereocenters. The van der Waals surface area contributed by atoms with Gasteiger partial charge in [0.15, 0.2) is 0 Å². The number of fused-ring (bicyclic) bond motifs is 1. The van der Waals surface area contributed by atoms with E-state index in [0.717, 1.165) is 41.4 Å². The number of aryl methyl sites for hydroxylation is 1. The summed E-state index contributed by atoms with van der Waals surface area (Å²) in [5.41, 5.74) is 4.42. The van der Waals surface area contributed by atoms with Gasteiger partial charge in [0.1, 0.15) is 0 Å². The Kier molecular flexibility index (Phi) is 6.12. The van der Waals surface area contributed by atoms with Crippen molar-refractivity contribution in [2.24, 2.45) is 5.92 Å². The molecule has 2 N–H and O–H groups in total. The van der Waals surface area contributed by atoms with Crippen LogP contribution in [0.1, 0.15) is 42.5 Å². The molecule has 2 aromatic heterocycles. The maximum absolute atomic E-state index is 12.1. The second-order valence-electron chi connectivity index (χ2n) is 8.02. The van der Waals surface area contributed by atoms with E-state index in [1.807, 2.05) is 30.5 Å². The van der Waals surface area contributed by atoms with Crippen molar-refractivity contribution < 1.29 is 14.7 Å². The number of carboxylic acid groups (broad SMARTS) is 1. The minimum Gasteiger partial charge on any atom is -0.481 e. The average Bonchev–Trinajstić information content (AvgIpc) is 3.51. The van der Waals surface area contributed by atoms with Crippen molar-refractivity contribution in [1.29, 1.82) is 0 Å². The lowest BCUT2D eigenvalue weighted by Gasteiger charge is -2.13. The van der Waals surface area contributed by atoms with E-state index in [1.54, 1.807) is 6.20 Å². The van der Waals surface area contributed by atoms with Crippen LogP contribution in [0.3, 0.4) is 0 Å². The van der Waals surface area contributed by atoms with Crippen LogP contribution >= 0.6 is 0 Å². The summed E-state index contributed by atoms with van der Waals surface area (Å²) in [5.74, 6) is -0.141. The Morgan fingerprint density at radius 1 is 1.17 bits per heavy atom. The van der Waals surface area contributed by atoms with Gasteiger partial charge < -0.3 is 15.0 Å². The number of carbonyl (C=O) groups excluding carboxylic acids is 1. The summed E-state index contributed by atoms with van der Waals surface area (Å²) >= 11 is 0. The number of carbonyl (C=O) groups is 2. The van der Waals surface area contributed by atoms with Crippen molar-refractivity contribution in [2.75, 3.05) is 6.54 Å². The fraction of sp³-hybridized carbons (Fsp3) is 0.375. The van der Waals surface area contributed by atoms with Gasteiger partial charge in [0.25, 0.3) is 0 Å². The molecule has 30 heavy (non-hydrogen) atoms. The first kappa shape index (κ1) is 20.1. The summed E-state index contributed by atoms with van der Waals surface area (Å²) < 4.78 is 2.11. The molecule has 1 aliphatic rings. The maximum atomic E-state index is 12.1.